The highest BCUT2D eigenvalue weighted by Crippen LogP contribution is 2.25. The van der Waals surface area contributed by atoms with Gasteiger partial charge in [-0.15, -0.1) is 11.3 Å². The Morgan fingerprint density at radius 3 is 2.57 bits per heavy atom. The van der Waals surface area contributed by atoms with Crippen LogP contribution in [0.4, 0.5) is 11.5 Å². The van der Waals surface area contributed by atoms with Crippen LogP contribution in [0, 0.1) is 0 Å². The lowest BCUT2D eigenvalue weighted by molar-refractivity contribution is 0.0985. The molecule has 3 aromatic heterocycles. The van der Waals surface area contributed by atoms with Crippen LogP contribution in [-0.4, -0.2) is 21.2 Å². The predicted octanol–water partition coefficient (Wildman–Crippen LogP) is 2.62. The minimum atomic E-state index is -0.770. The lowest BCUT2D eigenvalue weighted by atomic mass is 10.2. The van der Waals surface area contributed by atoms with Crippen LogP contribution >= 0.6 is 11.3 Å². The molecular formula is C20H22N4O5S. The Morgan fingerprint density at radius 1 is 1.23 bits per heavy atom. The van der Waals surface area contributed by atoms with Crippen molar-refractivity contribution in [1.29, 1.82) is 0 Å². The zero-order valence-electron chi connectivity index (χ0n) is 16.6. The molecule has 30 heavy (non-hydrogen) atoms. The van der Waals surface area contributed by atoms with Crippen molar-refractivity contribution < 1.29 is 14.0 Å². The molecule has 158 valence electrons. The second kappa shape index (κ2) is 8.95. The van der Waals surface area contributed by atoms with E-state index >= 15 is 0 Å². The third kappa shape index (κ3) is 4.28. The predicted molar refractivity (Wildman–Crippen MR) is 114 cm³/mol. The van der Waals surface area contributed by atoms with E-state index in [-0.39, 0.29) is 28.7 Å². The van der Waals surface area contributed by atoms with Gasteiger partial charge in [0.25, 0.3) is 11.5 Å². The number of nitrogen functional groups attached to an aromatic ring is 1. The van der Waals surface area contributed by atoms with Gasteiger partial charge in [-0.05, 0) is 37.6 Å². The fourth-order valence-corrected chi connectivity index (χ4v) is 3.81. The molecule has 3 aromatic rings. The first-order valence-electron chi connectivity index (χ1n) is 9.41. The average molecular weight is 430 g/mol. The molecule has 0 bridgehead atoms. The molecule has 0 aliphatic carbocycles. The van der Waals surface area contributed by atoms with Gasteiger partial charge in [0, 0.05) is 6.54 Å². The number of nitrogens with two attached hydrogens (primary N) is 1. The van der Waals surface area contributed by atoms with E-state index in [1.54, 1.807) is 18.2 Å². The number of thiophene rings is 1. The summed E-state index contributed by atoms with van der Waals surface area (Å²) in [4.78, 5) is 54.0. The summed E-state index contributed by atoms with van der Waals surface area (Å²) < 4.78 is 6.60. The van der Waals surface area contributed by atoms with E-state index in [1.807, 2.05) is 6.92 Å². The Labute approximate surface area is 175 Å². The Balaban J connectivity index is 2.12. The van der Waals surface area contributed by atoms with Crippen LogP contribution in [0.1, 0.15) is 51.8 Å². The number of nitrogens with zero attached hydrogens (tertiary/aromatic N) is 2. The maximum absolute atomic E-state index is 13.3. The maximum Gasteiger partial charge on any atom is 0.330 e. The van der Waals surface area contributed by atoms with Crippen molar-refractivity contribution in [2.75, 3.05) is 10.6 Å². The van der Waals surface area contributed by atoms with Gasteiger partial charge in [0.1, 0.15) is 11.6 Å². The Kier molecular flexibility index (Phi) is 6.36. The lowest BCUT2D eigenvalue weighted by Crippen LogP contribution is -2.40. The molecule has 0 saturated heterocycles. The second-order valence-corrected chi connectivity index (χ2v) is 7.77. The van der Waals surface area contributed by atoms with Crippen molar-refractivity contribution in [2.45, 2.75) is 39.8 Å². The summed E-state index contributed by atoms with van der Waals surface area (Å²) >= 11 is 1.02. The number of aromatic nitrogens is 2. The normalized spacial score (nSPS) is 10.9. The fraction of sp³-hybridized carbons (Fsp3) is 0.300. The molecule has 0 saturated carbocycles. The zero-order chi connectivity index (χ0) is 21.8. The van der Waals surface area contributed by atoms with Crippen molar-refractivity contribution in [3.8, 4) is 0 Å². The van der Waals surface area contributed by atoms with Gasteiger partial charge < -0.3 is 10.2 Å². The smallest absolute Gasteiger partial charge is 0.330 e. The number of hydrogen-bond donors (Lipinski definition) is 2. The summed E-state index contributed by atoms with van der Waals surface area (Å²) in [5.74, 6) is -0.360. The maximum atomic E-state index is 13.3. The van der Waals surface area contributed by atoms with Crippen LogP contribution in [0.15, 0.2) is 44.5 Å². The first-order chi connectivity index (χ1) is 14.3. The molecule has 9 nitrogen and oxygen atoms in total. The summed E-state index contributed by atoms with van der Waals surface area (Å²) in [6.45, 7) is 3.61. The van der Waals surface area contributed by atoms with Crippen molar-refractivity contribution >= 4 is 34.5 Å². The molecule has 0 unspecified atom stereocenters. The third-order valence-corrected chi connectivity index (χ3v) is 5.70. The van der Waals surface area contributed by atoms with E-state index in [4.69, 9.17) is 10.2 Å². The first kappa shape index (κ1) is 21.3. The van der Waals surface area contributed by atoms with Gasteiger partial charge in [0.05, 0.1) is 22.6 Å². The number of H-pyrrole nitrogens is 1. The minimum absolute atomic E-state index is 0.0710. The zero-order valence-corrected chi connectivity index (χ0v) is 17.5. The molecule has 0 aromatic carbocycles. The molecule has 3 rings (SSSR count). The standard InChI is InChI=1S/C20H22N4O5S/c1-3-4-9-23-17(21)16(18(26)22-20(23)28)24(11-13-6-5-10-29-13)19(27)15-8-7-14(30-15)12(2)25/h5-8,10H,3-4,9,11,21H2,1-2H3,(H,22,26,28). The van der Waals surface area contributed by atoms with E-state index in [1.165, 1.54) is 28.7 Å². The molecule has 0 aliphatic heterocycles. The van der Waals surface area contributed by atoms with Crippen LogP contribution in [-0.2, 0) is 13.1 Å². The van der Waals surface area contributed by atoms with E-state index < -0.39 is 17.2 Å². The molecule has 3 N–H and O–H groups in total. The van der Waals surface area contributed by atoms with Gasteiger partial charge in [-0.2, -0.15) is 0 Å². The Bertz CT molecular complexity index is 1170. The largest absolute Gasteiger partial charge is 0.467 e. The topological polar surface area (TPSA) is 131 Å². The third-order valence-electron chi connectivity index (χ3n) is 4.52. The molecule has 1 amide bonds. The van der Waals surface area contributed by atoms with Crippen LogP contribution in [0.5, 0.6) is 0 Å². The van der Waals surface area contributed by atoms with Crippen LogP contribution in [0.3, 0.4) is 0 Å². The van der Waals surface area contributed by atoms with E-state index in [2.05, 4.69) is 4.98 Å². The molecule has 0 spiro atoms. The van der Waals surface area contributed by atoms with Crippen molar-refractivity contribution in [1.82, 2.24) is 9.55 Å². The number of Topliss-reactive ketones (excluding diaryl/α,β-unsaturated/α-hetero) is 1. The first-order valence-corrected chi connectivity index (χ1v) is 10.2. The number of amides is 1. The number of nitrogens with one attached hydrogen (secondary N) is 1. The minimum Gasteiger partial charge on any atom is -0.467 e. The monoisotopic (exact) mass is 430 g/mol. The Hall–Kier alpha value is -3.40. The van der Waals surface area contributed by atoms with Crippen LogP contribution in [0.2, 0.25) is 0 Å². The van der Waals surface area contributed by atoms with Crippen molar-refractivity contribution in [3.63, 3.8) is 0 Å². The number of aromatic amines is 1. The van der Waals surface area contributed by atoms with E-state index in [0.717, 1.165) is 17.8 Å². The number of unbranched alkanes of at least 4 members (excludes halogenated alkanes) is 1. The lowest BCUT2D eigenvalue weighted by Gasteiger charge is -2.23. The van der Waals surface area contributed by atoms with Crippen molar-refractivity contribution in [2.24, 2.45) is 0 Å². The molecule has 0 radical (unpaired) electrons. The van der Waals surface area contributed by atoms with Gasteiger partial charge in [-0.1, -0.05) is 13.3 Å². The molecule has 0 aliphatic rings. The van der Waals surface area contributed by atoms with Gasteiger partial charge in [-0.25, -0.2) is 4.79 Å². The number of hydrogen-bond acceptors (Lipinski definition) is 7. The quantitative estimate of drug-likeness (QED) is 0.528. The van der Waals surface area contributed by atoms with Gasteiger partial charge in [0.15, 0.2) is 11.5 Å². The number of ketones is 1. The van der Waals surface area contributed by atoms with Gasteiger partial charge >= 0.3 is 5.69 Å². The highest BCUT2D eigenvalue weighted by atomic mass is 32.1. The number of carbonyl (C=O) groups is 2. The summed E-state index contributed by atoms with van der Waals surface area (Å²) in [5, 5.41) is 0. The molecule has 0 fully saturated rings. The highest BCUT2D eigenvalue weighted by Gasteiger charge is 2.27. The van der Waals surface area contributed by atoms with Crippen LogP contribution < -0.4 is 21.9 Å². The molecule has 10 heteroatoms. The summed E-state index contributed by atoms with van der Waals surface area (Å²) in [6, 6.07) is 6.40. The van der Waals surface area contributed by atoms with Gasteiger partial charge in [-0.3, -0.25) is 28.8 Å². The van der Waals surface area contributed by atoms with E-state index in [0.29, 0.717) is 23.6 Å². The van der Waals surface area contributed by atoms with E-state index in [9.17, 15) is 19.2 Å². The Morgan fingerprint density at radius 2 is 1.97 bits per heavy atom. The number of carbonyl (C=O) groups excluding carboxylic acids is 2. The number of anilines is 2. The van der Waals surface area contributed by atoms with Crippen LogP contribution in [0.25, 0.3) is 0 Å². The summed E-state index contributed by atoms with van der Waals surface area (Å²) in [5.41, 5.74) is 4.66. The summed E-state index contributed by atoms with van der Waals surface area (Å²) in [7, 11) is 0. The van der Waals surface area contributed by atoms with Gasteiger partial charge in [0.2, 0.25) is 0 Å². The molecule has 3 heterocycles. The number of furan rings is 1. The SMILES string of the molecule is CCCCn1c(N)c(N(Cc2ccco2)C(=O)c2ccc(C(C)=O)s2)c(=O)[nH]c1=O. The highest BCUT2D eigenvalue weighted by molar-refractivity contribution is 7.16. The average Bonchev–Trinajstić information content (AvgIpc) is 3.38. The number of rotatable bonds is 8. The summed E-state index contributed by atoms with van der Waals surface area (Å²) in [6.07, 6.45) is 2.94. The fourth-order valence-electron chi connectivity index (χ4n) is 2.96. The molecular weight excluding hydrogens is 408 g/mol. The molecule has 0 atom stereocenters. The second-order valence-electron chi connectivity index (χ2n) is 6.69. The van der Waals surface area contributed by atoms with Crippen molar-refractivity contribution in [3.05, 3.63) is 66.9 Å².